The van der Waals surface area contributed by atoms with Crippen molar-refractivity contribution < 1.29 is 13.2 Å². The molecule has 62 valence electrons. The SMILES string of the molecule is C=Cc1c#ccc(C(F)(F)F)c1. The van der Waals surface area contributed by atoms with Crippen LogP contribution in [0.2, 0.25) is 0 Å². The highest BCUT2D eigenvalue weighted by atomic mass is 19.4. The zero-order valence-electron chi connectivity index (χ0n) is 6.07. The highest BCUT2D eigenvalue weighted by Gasteiger charge is 2.30. The summed E-state index contributed by atoms with van der Waals surface area (Å²) in [5.41, 5.74) is -0.430. The molecule has 0 aliphatic heterocycles. The molecule has 1 aromatic carbocycles. The van der Waals surface area contributed by atoms with Gasteiger partial charge in [-0.15, -0.1) is 0 Å². The Morgan fingerprint density at radius 2 is 2.08 bits per heavy atom. The van der Waals surface area contributed by atoms with Crippen molar-refractivity contribution in [3.05, 3.63) is 42.0 Å². The minimum atomic E-state index is -4.32. The minimum Gasteiger partial charge on any atom is -0.166 e. The van der Waals surface area contributed by atoms with E-state index in [1.54, 1.807) is 0 Å². The van der Waals surface area contributed by atoms with Crippen molar-refractivity contribution in [1.82, 2.24) is 0 Å². The van der Waals surface area contributed by atoms with E-state index in [1.165, 1.54) is 6.08 Å². The van der Waals surface area contributed by atoms with Crippen LogP contribution < -0.4 is 0 Å². The molecule has 0 N–H and O–H groups in total. The first-order chi connectivity index (χ1) is 5.54. The summed E-state index contributed by atoms with van der Waals surface area (Å²) in [7, 11) is 0. The van der Waals surface area contributed by atoms with E-state index < -0.39 is 11.7 Å². The zero-order valence-corrected chi connectivity index (χ0v) is 6.07. The first-order valence-electron chi connectivity index (χ1n) is 3.17. The Labute approximate surface area is 68.3 Å². The van der Waals surface area contributed by atoms with Gasteiger partial charge in [-0.3, -0.25) is 0 Å². The van der Waals surface area contributed by atoms with Crippen LogP contribution in [0.4, 0.5) is 13.2 Å². The van der Waals surface area contributed by atoms with Crippen molar-refractivity contribution >= 4 is 6.08 Å². The van der Waals surface area contributed by atoms with Crippen LogP contribution in [0.3, 0.4) is 0 Å². The van der Waals surface area contributed by atoms with E-state index in [-0.39, 0.29) is 0 Å². The average molecular weight is 170 g/mol. The van der Waals surface area contributed by atoms with Gasteiger partial charge >= 0.3 is 6.18 Å². The molecule has 0 aliphatic carbocycles. The summed E-state index contributed by atoms with van der Waals surface area (Å²) >= 11 is 0. The number of hydrogen-bond donors (Lipinski definition) is 0. The van der Waals surface area contributed by atoms with E-state index in [9.17, 15) is 13.2 Å². The lowest BCUT2D eigenvalue weighted by Crippen LogP contribution is -2.03. The van der Waals surface area contributed by atoms with E-state index in [0.717, 1.165) is 12.1 Å². The molecule has 0 bridgehead atoms. The summed E-state index contributed by atoms with van der Waals surface area (Å²) in [4.78, 5) is 0. The van der Waals surface area contributed by atoms with Crippen molar-refractivity contribution in [3.63, 3.8) is 0 Å². The fraction of sp³-hybridized carbons (Fsp3) is 0.111. The molecule has 0 aliphatic rings. The second kappa shape index (κ2) is 2.90. The molecule has 1 rings (SSSR count). The van der Waals surface area contributed by atoms with E-state index >= 15 is 0 Å². The normalized spacial score (nSPS) is 10.6. The van der Waals surface area contributed by atoms with E-state index in [4.69, 9.17) is 0 Å². The fourth-order valence-electron chi connectivity index (χ4n) is 0.716. The first kappa shape index (κ1) is 8.66. The van der Waals surface area contributed by atoms with E-state index in [0.29, 0.717) is 5.56 Å². The third-order valence-electron chi connectivity index (χ3n) is 1.30. The summed E-state index contributed by atoms with van der Waals surface area (Å²) in [6.45, 7) is 3.34. The lowest BCUT2D eigenvalue weighted by molar-refractivity contribution is -0.137. The van der Waals surface area contributed by atoms with Crippen LogP contribution in [-0.4, -0.2) is 0 Å². The van der Waals surface area contributed by atoms with Gasteiger partial charge in [0.1, 0.15) is 0 Å². The van der Waals surface area contributed by atoms with Crippen LogP contribution in [0.15, 0.2) is 18.7 Å². The Hall–Kier alpha value is -1.43. The molecule has 12 heavy (non-hydrogen) atoms. The van der Waals surface area contributed by atoms with Crippen LogP contribution in [0, 0.1) is 12.1 Å². The van der Waals surface area contributed by atoms with Gasteiger partial charge in [0.25, 0.3) is 0 Å². The molecule has 1 aromatic rings. The highest BCUT2D eigenvalue weighted by molar-refractivity contribution is 5.45. The monoisotopic (exact) mass is 170 g/mol. The maximum atomic E-state index is 12.0. The van der Waals surface area contributed by atoms with Gasteiger partial charge in [0.15, 0.2) is 0 Å². The molecule has 0 unspecified atom stereocenters. The maximum Gasteiger partial charge on any atom is 0.417 e. The molecule has 0 aromatic heterocycles. The predicted octanol–water partition coefficient (Wildman–Crippen LogP) is 2.95. The van der Waals surface area contributed by atoms with E-state index in [1.807, 2.05) is 0 Å². The molecule has 3 heteroatoms. The summed E-state index contributed by atoms with van der Waals surface area (Å²) in [5.74, 6) is 0. The minimum absolute atomic E-state index is 0.296. The summed E-state index contributed by atoms with van der Waals surface area (Å²) in [5, 5.41) is 0. The third kappa shape index (κ3) is 1.79. The van der Waals surface area contributed by atoms with Crippen molar-refractivity contribution in [1.29, 1.82) is 0 Å². The lowest BCUT2D eigenvalue weighted by atomic mass is 10.2. The summed E-state index contributed by atoms with van der Waals surface area (Å²) in [6, 6.07) is 6.59. The van der Waals surface area contributed by atoms with Crippen molar-refractivity contribution in [2.24, 2.45) is 0 Å². The van der Waals surface area contributed by atoms with Gasteiger partial charge in [0.05, 0.1) is 5.56 Å². The second-order valence-corrected chi connectivity index (χ2v) is 2.17. The van der Waals surface area contributed by atoms with Crippen molar-refractivity contribution in [2.45, 2.75) is 6.18 Å². The molecule has 0 fully saturated rings. The first-order valence-corrected chi connectivity index (χ1v) is 3.17. The molecule has 0 amide bonds. The van der Waals surface area contributed by atoms with Gasteiger partial charge in [-0.1, -0.05) is 24.8 Å². The zero-order chi connectivity index (χ0) is 9.19. The Balaban J connectivity index is 3.10. The quantitative estimate of drug-likeness (QED) is 0.607. The molecule has 0 heterocycles. The van der Waals surface area contributed by atoms with Crippen LogP contribution in [0.25, 0.3) is 6.08 Å². The lowest BCUT2D eigenvalue weighted by Gasteiger charge is -2.04. The van der Waals surface area contributed by atoms with Crippen LogP contribution in [0.1, 0.15) is 11.1 Å². The van der Waals surface area contributed by atoms with Crippen LogP contribution >= 0.6 is 0 Å². The topological polar surface area (TPSA) is 0 Å². The Morgan fingerprint density at radius 3 is 2.58 bits per heavy atom. The molecular weight excluding hydrogens is 165 g/mol. The van der Waals surface area contributed by atoms with Gasteiger partial charge in [0, 0.05) is 11.6 Å². The van der Waals surface area contributed by atoms with E-state index in [2.05, 4.69) is 18.7 Å². The number of hydrogen-bond acceptors (Lipinski definition) is 0. The van der Waals surface area contributed by atoms with Crippen LogP contribution in [-0.2, 0) is 6.18 Å². The molecular formula is C9H5F3. The maximum absolute atomic E-state index is 12.0. The number of rotatable bonds is 1. The smallest absolute Gasteiger partial charge is 0.166 e. The van der Waals surface area contributed by atoms with Gasteiger partial charge < -0.3 is 0 Å². The average Bonchev–Trinajstić information content (AvgIpc) is 2.03. The van der Waals surface area contributed by atoms with Gasteiger partial charge in [-0.05, 0) is 6.07 Å². The summed E-state index contributed by atoms with van der Waals surface area (Å²) < 4.78 is 36.1. The molecule has 0 nitrogen and oxygen atoms in total. The highest BCUT2D eigenvalue weighted by Crippen LogP contribution is 2.28. The van der Waals surface area contributed by atoms with Gasteiger partial charge in [-0.25, -0.2) is 0 Å². The Morgan fingerprint density at radius 1 is 1.42 bits per heavy atom. The number of alkyl halides is 3. The predicted molar refractivity (Wildman–Crippen MR) is 39.2 cm³/mol. The molecule has 0 spiro atoms. The standard InChI is InChI=1S/C9H5F3/c1-2-7-4-3-5-8(6-7)9(10,11)12/h2,5-6H,1H2. The third-order valence-corrected chi connectivity index (χ3v) is 1.30. The molecule has 0 atom stereocenters. The molecule has 0 radical (unpaired) electrons. The molecule has 0 saturated carbocycles. The summed E-state index contributed by atoms with van der Waals surface area (Å²) in [6.07, 6.45) is -3.02. The molecule has 0 saturated heterocycles. The van der Waals surface area contributed by atoms with Gasteiger partial charge in [0.2, 0.25) is 0 Å². The van der Waals surface area contributed by atoms with Crippen LogP contribution in [0.5, 0.6) is 0 Å². The largest absolute Gasteiger partial charge is 0.417 e. The Kier molecular flexibility index (Phi) is 2.09. The Bertz CT molecular complexity index is 286. The van der Waals surface area contributed by atoms with Crippen molar-refractivity contribution in [2.75, 3.05) is 0 Å². The second-order valence-electron chi connectivity index (χ2n) is 2.17. The fourth-order valence-corrected chi connectivity index (χ4v) is 0.716. The van der Waals surface area contributed by atoms with Gasteiger partial charge in [-0.2, -0.15) is 13.2 Å². The number of halogens is 3. The van der Waals surface area contributed by atoms with Crippen molar-refractivity contribution in [3.8, 4) is 0 Å².